The average molecular weight is 653 g/mol. The number of carbonyl (C=O) groups is 4. The molecule has 2 rings (SSSR count). The number of alkyl carbamates (subject to hydrolysis) is 1. The topological polar surface area (TPSA) is 125 Å². The molecule has 0 fully saturated rings. The van der Waals surface area contributed by atoms with Crippen molar-refractivity contribution in [1.82, 2.24) is 15.2 Å². The van der Waals surface area contributed by atoms with E-state index in [1.165, 1.54) is 4.57 Å². The molecule has 42 heavy (non-hydrogen) atoms. The minimum Gasteiger partial charge on any atom is -0.458 e. The Morgan fingerprint density at radius 1 is 0.833 bits per heavy atom. The molecule has 0 radical (unpaired) electrons. The molecule has 0 spiro atoms. The van der Waals surface area contributed by atoms with E-state index in [0.717, 1.165) is 6.42 Å². The van der Waals surface area contributed by atoms with Crippen molar-refractivity contribution < 1.29 is 33.4 Å². The van der Waals surface area contributed by atoms with Crippen LogP contribution in [0.25, 0.3) is 10.9 Å². The van der Waals surface area contributed by atoms with Crippen LogP contribution in [0.15, 0.2) is 28.9 Å². The van der Waals surface area contributed by atoms with E-state index >= 15 is 0 Å². The number of carbonyl (C=O) groups excluding carboxylic acids is 4. The Bertz CT molecular complexity index is 1280. The Balaban J connectivity index is 2.53. The molecule has 0 unspecified atom stereocenters. The maximum Gasteiger partial charge on any atom is 0.419 e. The van der Waals surface area contributed by atoms with Gasteiger partial charge < -0.3 is 24.8 Å². The third-order valence-electron chi connectivity index (χ3n) is 5.76. The number of amides is 2. The van der Waals surface area contributed by atoms with Crippen molar-refractivity contribution in [3.8, 4) is 0 Å². The highest BCUT2D eigenvalue weighted by Crippen LogP contribution is 2.32. The molecule has 1 heterocycles. The molecule has 2 aromatic rings. The third-order valence-corrected chi connectivity index (χ3v) is 6.59. The number of nitrogens with one attached hydrogen (secondary N) is 2. The lowest BCUT2D eigenvalue weighted by atomic mass is 10.0. The van der Waals surface area contributed by atoms with E-state index in [1.807, 2.05) is 19.1 Å². The Hall–Kier alpha value is -3.08. The number of hydrogen-bond donors (Lipinski definition) is 2. The molecule has 2 amide bonds. The van der Waals surface area contributed by atoms with E-state index in [0.29, 0.717) is 33.9 Å². The number of unbranched alkanes of at least 4 members (excludes halogenated alkanes) is 1. The van der Waals surface area contributed by atoms with E-state index in [9.17, 15) is 19.2 Å². The van der Waals surface area contributed by atoms with E-state index in [1.54, 1.807) is 74.4 Å². The van der Waals surface area contributed by atoms with Gasteiger partial charge in [-0.1, -0.05) is 38.0 Å². The van der Waals surface area contributed by atoms with E-state index < -0.39 is 52.9 Å². The van der Waals surface area contributed by atoms with Gasteiger partial charge in [-0.15, -0.1) is 0 Å². The number of esters is 1. The van der Waals surface area contributed by atoms with Gasteiger partial charge in [0.05, 0.1) is 10.1 Å². The second-order valence-corrected chi connectivity index (χ2v) is 14.0. The van der Waals surface area contributed by atoms with Crippen molar-refractivity contribution >= 4 is 50.9 Å². The number of halogens is 1. The molecule has 0 aliphatic carbocycles. The number of hydrogen-bond acceptors (Lipinski definition) is 7. The monoisotopic (exact) mass is 651 g/mol. The van der Waals surface area contributed by atoms with Gasteiger partial charge >= 0.3 is 18.2 Å². The van der Waals surface area contributed by atoms with Gasteiger partial charge in [0.25, 0.3) is 0 Å². The predicted molar refractivity (Wildman–Crippen MR) is 165 cm³/mol. The first kappa shape index (κ1) is 35.1. The minimum absolute atomic E-state index is 0.0171. The van der Waals surface area contributed by atoms with Gasteiger partial charge in [-0.05, 0) is 96.3 Å². The van der Waals surface area contributed by atoms with Crippen LogP contribution in [0.1, 0.15) is 94.1 Å². The van der Waals surface area contributed by atoms with Crippen molar-refractivity contribution in [2.75, 3.05) is 0 Å². The van der Waals surface area contributed by atoms with Crippen LogP contribution in [0, 0.1) is 0 Å². The predicted octanol–water partition coefficient (Wildman–Crippen LogP) is 6.64. The average Bonchev–Trinajstić information content (AvgIpc) is 3.09. The molecule has 2 atom stereocenters. The van der Waals surface area contributed by atoms with Gasteiger partial charge in [0.2, 0.25) is 5.91 Å². The van der Waals surface area contributed by atoms with Crippen LogP contribution in [0.4, 0.5) is 9.59 Å². The highest BCUT2D eigenvalue weighted by molar-refractivity contribution is 9.10. The summed E-state index contributed by atoms with van der Waals surface area (Å²) >= 11 is 3.55. The second kappa shape index (κ2) is 13.9. The molecular formula is C31H46BrN3O7. The molecular weight excluding hydrogens is 606 g/mol. The molecule has 0 saturated carbocycles. The molecule has 2 N–H and O–H groups in total. The molecule has 11 heteroatoms. The summed E-state index contributed by atoms with van der Waals surface area (Å²) in [7, 11) is 0. The molecule has 234 valence electrons. The molecule has 1 aromatic heterocycles. The van der Waals surface area contributed by atoms with Crippen LogP contribution in [-0.4, -0.2) is 57.5 Å². The summed E-state index contributed by atoms with van der Waals surface area (Å²) in [5, 5.41) is 6.15. The highest BCUT2D eigenvalue weighted by Gasteiger charge is 2.33. The van der Waals surface area contributed by atoms with Crippen LogP contribution >= 0.6 is 15.9 Å². The number of rotatable bonds is 9. The van der Waals surface area contributed by atoms with Crippen LogP contribution in [0.5, 0.6) is 0 Å². The maximum atomic E-state index is 13.8. The quantitative estimate of drug-likeness (QED) is 0.230. The lowest BCUT2D eigenvalue weighted by molar-refractivity contribution is -0.159. The molecule has 0 saturated heterocycles. The maximum absolute atomic E-state index is 13.8. The number of para-hydroxylation sites is 1. The highest BCUT2D eigenvalue weighted by atomic mass is 79.9. The fraction of sp³-hybridized carbons (Fsp3) is 0.613. The summed E-state index contributed by atoms with van der Waals surface area (Å²) in [6, 6.07) is 5.14. The van der Waals surface area contributed by atoms with Crippen molar-refractivity contribution in [2.24, 2.45) is 0 Å². The molecule has 1 aromatic carbocycles. The van der Waals surface area contributed by atoms with Gasteiger partial charge in [0.15, 0.2) is 0 Å². The SMILES string of the molecule is CCCC[C@@H](NC(=O)[C@@H](Cc1c(Br)n(C(=O)OC(C)(C)C)c2ccccc12)NC(=O)OC(C)(C)C)C(=O)OC(C)(C)C. The first-order valence-corrected chi connectivity index (χ1v) is 15.1. The number of benzene rings is 1. The Labute approximate surface area is 257 Å². The Morgan fingerprint density at radius 3 is 1.95 bits per heavy atom. The van der Waals surface area contributed by atoms with Gasteiger partial charge in [-0.3, -0.25) is 4.79 Å². The first-order chi connectivity index (χ1) is 19.2. The summed E-state index contributed by atoms with van der Waals surface area (Å²) in [5.41, 5.74) is -1.12. The van der Waals surface area contributed by atoms with Crippen LogP contribution in [0.3, 0.4) is 0 Å². The second-order valence-electron chi connectivity index (χ2n) is 13.2. The van der Waals surface area contributed by atoms with Gasteiger partial charge in [-0.2, -0.15) is 0 Å². The number of aromatic nitrogens is 1. The molecule has 0 aliphatic rings. The largest absolute Gasteiger partial charge is 0.458 e. The van der Waals surface area contributed by atoms with Crippen molar-refractivity contribution in [2.45, 2.75) is 124 Å². The lowest BCUT2D eigenvalue weighted by Gasteiger charge is -2.27. The van der Waals surface area contributed by atoms with Crippen molar-refractivity contribution in [1.29, 1.82) is 0 Å². The summed E-state index contributed by atoms with van der Waals surface area (Å²) in [5.74, 6) is -1.14. The molecule has 0 aliphatic heterocycles. The van der Waals surface area contributed by atoms with Crippen LogP contribution in [0.2, 0.25) is 0 Å². The summed E-state index contributed by atoms with van der Waals surface area (Å²) in [6.07, 6.45) is 0.462. The van der Waals surface area contributed by atoms with Crippen molar-refractivity contribution in [3.63, 3.8) is 0 Å². The fourth-order valence-corrected chi connectivity index (χ4v) is 4.83. The molecule has 10 nitrogen and oxygen atoms in total. The standard InChI is InChI=1S/C31H46BrN3O7/c1-11-12-16-21(26(37)40-29(2,3)4)33-25(36)22(34-27(38)41-30(5,6)7)18-20-19-15-13-14-17-23(19)35(24(20)32)28(39)42-31(8,9)10/h13-15,17,21-22H,11-12,16,18H2,1-10H3,(H,33,36)(H,34,38)/t21-,22-/m1/s1. The van der Waals surface area contributed by atoms with Gasteiger partial charge in [0, 0.05) is 11.8 Å². The summed E-state index contributed by atoms with van der Waals surface area (Å²) < 4.78 is 18.4. The van der Waals surface area contributed by atoms with Gasteiger partial charge in [0.1, 0.15) is 28.9 Å². The first-order valence-electron chi connectivity index (χ1n) is 14.3. The number of nitrogens with zero attached hydrogens (tertiary/aromatic N) is 1. The van der Waals surface area contributed by atoms with Crippen LogP contribution < -0.4 is 10.6 Å². The lowest BCUT2D eigenvalue weighted by Crippen LogP contribution is -2.54. The van der Waals surface area contributed by atoms with Crippen molar-refractivity contribution in [3.05, 3.63) is 34.4 Å². The van der Waals surface area contributed by atoms with E-state index in [2.05, 4.69) is 26.6 Å². The Kier molecular flexibility index (Phi) is 11.6. The summed E-state index contributed by atoms with van der Waals surface area (Å²) in [4.78, 5) is 52.8. The van der Waals surface area contributed by atoms with E-state index in [4.69, 9.17) is 14.2 Å². The summed E-state index contributed by atoms with van der Waals surface area (Å²) in [6.45, 7) is 17.7. The normalized spacial score (nSPS) is 13.7. The smallest absolute Gasteiger partial charge is 0.419 e. The number of ether oxygens (including phenoxy) is 3. The van der Waals surface area contributed by atoms with Crippen LogP contribution in [-0.2, 0) is 30.2 Å². The zero-order chi connectivity index (χ0) is 32.0. The van der Waals surface area contributed by atoms with Gasteiger partial charge in [-0.25, -0.2) is 19.0 Å². The third kappa shape index (κ3) is 10.6. The zero-order valence-corrected chi connectivity index (χ0v) is 28.1. The van der Waals surface area contributed by atoms with E-state index in [-0.39, 0.29) is 6.42 Å². The zero-order valence-electron chi connectivity index (χ0n) is 26.5. The minimum atomic E-state index is -1.15. The Morgan fingerprint density at radius 2 is 1.40 bits per heavy atom. The number of fused-ring (bicyclic) bond motifs is 1. The molecule has 0 bridgehead atoms. The fourth-order valence-electron chi connectivity index (χ4n) is 4.12.